The lowest BCUT2D eigenvalue weighted by Gasteiger charge is -2.24. The first-order chi connectivity index (χ1) is 4.34. The van der Waals surface area contributed by atoms with E-state index >= 15 is 0 Å². The Kier molecular flexibility index (Phi) is 2.84. The highest BCUT2D eigenvalue weighted by Crippen LogP contribution is 2.18. The molecule has 60 valence electrons. The molecule has 0 fully saturated rings. The number of carbonyl (C=O) groups excluding carboxylic acids is 1. The molecule has 0 aromatic heterocycles. The fourth-order valence-corrected chi connectivity index (χ4v) is 0.552. The van der Waals surface area contributed by atoms with Gasteiger partial charge in [0.25, 0.3) is 0 Å². The number of nitrogens with two attached hydrogens (primary N) is 1. The summed E-state index contributed by atoms with van der Waals surface area (Å²) in [6.07, 6.45) is 0.240. The molecular weight excluding hydrogens is 130 g/mol. The number of carbonyl (C=O) groups is 1. The van der Waals surface area contributed by atoms with Crippen LogP contribution in [0.3, 0.4) is 0 Å². The molecule has 3 N–H and O–H groups in total. The number of amides is 1. The normalized spacial score (nSPS) is 14.8. The van der Waals surface area contributed by atoms with E-state index in [1.165, 1.54) is 0 Å². The highest BCUT2D eigenvalue weighted by Gasteiger charge is 2.23. The van der Waals surface area contributed by atoms with Crippen molar-refractivity contribution in [1.29, 1.82) is 0 Å². The Morgan fingerprint density at radius 2 is 2.10 bits per heavy atom. The van der Waals surface area contributed by atoms with Crippen molar-refractivity contribution in [3.63, 3.8) is 0 Å². The van der Waals surface area contributed by atoms with Gasteiger partial charge in [0, 0.05) is 6.42 Å². The fourth-order valence-electron chi connectivity index (χ4n) is 0.552. The summed E-state index contributed by atoms with van der Waals surface area (Å²) in [5.41, 5.74) is 4.13. The van der Waals surface area contributed by atoms with Crippen molar-refractivity contribution >= 4 is 5.91 Å². The second kappa shape index (κ2) is 3.01. The predicted octanol–water partition coefficient (Wildman–Crippen LogP) is 0.269. The molecule has 0 bridgehead atoms. The van der Waals surface area contributed by atoms with Crippen LogP contribution in [0.15, 0.2) is 0 Å². The van der Waals surface area contributed by atoms with Crippen LogP contribution in [-0.2, 0) is 4.79 Å². The summed E-state index contributed by atoms with van der Waals surface area (Å²) in [6, 6.07) is 0. The van der Waals surface area contributed by atoms with Crippen LogP contribution in [-0.4, -0.2) is 16.6 Å². The summed E-state index contributed by atoms with van der Waals surface area (Å²) >= 11 is 0. The van der Waals surface area contributed by atoms with Gasteiger partial charge in [-0.1, -0.05) is 6.92 Å². The minimum absolute atomic E-state index is 0.0787. The molecular formula is C7H15NO2. The first-order valence-electron chi connectivity index (χ1n) is 3.34. The predicted molar refractivity (Wildman–Crippen MR) is 39.3 cm³/mol. The van der Waals surface area contributed by atoms with Crippen LogP contribution < -0.4 is 5.73 Å². The molecule has 1 atom stereocenters. The van der Waals surface area contributed by atoms with Crippen LogP contribution in [0.1, 0.15) is 27.2 Å². The molecule has 0 aliphatic heterocycles. The van der Waals surface area contributed by atoms with Crippen molar-refractivity contribution in [2.75, 3.05) is 0 Å². The molecule has 10 heavy (non-hydrogen) atoms. The van der Waals surface area contributed by atoms with Crippen LogP contribution in [0.25, 0.3) is 0 Å². The van der Waals surface area contributed by atoms with Gasteiger partial charge < -0.3 is 10.8 Å². The summed E-state index contributed by atoms with van der Waals surface area (Å²) in [6.45, 7) is 5.13. The highest BCUT2D eigenvalue weighted by atomic mass is 16.3. The van der Waals surface area contributed by atoms with Gasteiger partial charge in [0.15, 0.2) is 0 Å². The van der Waals surface area contributed by atoms with E-state index in [4.69, 9.17) is 5.73 Å². The van der Waals surface area contributed by atoms with E-state index in [-0.39, 0.29) is 18.2 Å². The minimum Gasteiger partial charge on any atom is -0.390 e. The van der Waals surface area contributed by atoms with Gasteiger partial charge in [0.2, 0.25) is 5.91 Å². The van der Waals surface area contributed by atoms with Crippen LogP contribution in [0.4, 0.5) is 0 Å². The molecule has 0 aromatic rings. The first-order valence-corrected chi connectivity index (χ1v) is 3.34. The van der Waals surface area contributed by atoms with Crippen molar-refractivity contribution in [2.45, 2.75) is 32.8 Å². The van der Waals surface area contributed by atoms with Gasteiger partial charge in [-0.2, -0.15) is 0 Å². The number of hydrogen-bond acceptors (Lipinski definition) is 2. The smallest absolute Gasteiger partial charge is 0.217 e. The van der Waals surface area contributed by atoms with Crippen LogP contribution in [0.5, 0.6) is 0 Å². The lowest BCUT2D eigenvalue weighted by molar-refractivity contribution is -0.120. The average molecular weight is 145 g/mol. The zero-order valence-corrected chi connectivity index (χ0v) is 6.72. The third kappa shape index (κ3) is 3.45. The highest BCUT2D eigenvalue weighted by molar-refractivity contribution is 5.74. The zero-order chi connectivity index (χ0) is 8.36. The molecule has 0 saturated carbocycles. The SMILES string of the molecule is CC(CC(N)=O)C(C)(C)O. The van der Waals surface area contributed by atoms with E-state index in [1.54, 1.807) is 20.8 Å². The van der Waals surface area contributed by atoms with Crippen molar-refractivity contribution in [3.8, 4) is 0 Å². The van der Waals surface area contributed by atoms with Gasteiger partial charge in [0.05, 0.1) is 5.60 Å². The lowest BCUT2D eigenvalue weighted by atomic mass is 9.90. The molecule has 0 spiro atoms. The topological polar surface area (TPSA) is 63.3 Å². The largest absolute Gasteiger partial charge is 0.390 e. The number of hydrogen-bond donors (Lipinski definition) is 2. The van der Waals surface area contributed by atoms with Gasteiger partial charge in [-0.25, -0.2) is 0 Å². The van der Waals surface area contributed by atoms with Gasteiger partial charge in [-0.3, -0.25) is 4.79 Å². The molecule has 0 aliphatic rings. The number of aliphatic hydroxyl groups is 1. The van der Waals surface area contributed by atoms with E-state index in [0.29, 0.717) is 0 Å². The first kappa shape index (κ1) is 9.43. The van der Waals surface area contributed by atoms with Crippen molar-refractivity contribution < 1.29 is 9.90 Å². The molecule has 0 saturated heterocycles. The Hall–Kier alpha value is -0.570. The van der Waals surface area contributed by atoms with Crippen LogP contribution in [0, 0.1) is 5.92 Å². The quantitative estimate of drug-likeness (QED) is 0.598. The summed E-state index contributed by atoms with van der Waals surface area (Å²) in [7, 11) is 0. The van der Waals surface area contributed by atoms with Gasteiger partial charge >= 0.3 is 0 Å². The number of primary amides is 1. The molecule has 0 radical (unpaired) electrons. The third-order valence-electron chi connectivity index (χ3n) is 1.71. The Labute approximate surface area is 61.2 Å². The molecule has 0 rings (SSSR count). The second-order valence-electron chi connectivity index (χ2n) is 3.23. The van der Waals surface area contributed by atoms with Gasteiger partial charge in [-0.05, 0) is 19.8 Å². The maximum Gasteiger partial charge on any atom is 0.217 e. The van der Waals surface area contributed by atoms with Crippen LogP contribution in [0.2, 0.25) is 0 Å². The van der Waals surface area contributed by atoms with Crippen molar-refractivity contribution in [3.05, 3.63) is 0 Å². The summed E-state index contributed by atoms with van der Waals surface area (Å²) in [5, 5.41) is 9.33. The van der Waals surface area contributed by atoms with E-state index in [2.05, 4.69) is 0 Å². The molecule has 0 aliphatic carbocycles. The standard InChI is InChI=1S/C7H15NO2/c1-5(4-6(8)9)7(2,3)10/h5,10H,4H2,1-3H3,(H2,8,9). The Morgan fingerprint density at radius 1 is 1.70 bits per heavy atom. The molecule has 1 amide bonds. The summed E-state index contributed by atoms with van der Waals surface area (Å²) in [4.78, 5) is 10.4. The Morgan fingerprint density at radius 3 is 2.20 bits per heavy atom. The van der Waals surface area contributed by atoms with E-state index < -0.39 is 5.60 Å². The maximum absolute atomic E-state index is 10.4. The van der Waals surface area contributed by atoms with E-state index in [9.17, 15) is 9.90 Å². The Bertz CT molecular complexity index is 126. The summed E-state index contributed by atoms with van der Waals surface area (Å²) in [5.74, 6) is -0.445. The lowest BCUT2D eigenvalue weighted by Crippen LogP contribution is -2.32. The van der Waals surface area contributed by atoms with Gasteiger partial charge in [-0.15, -0.1) is 0 Å². The second-order valence-corrected chi connectivity index (χ2v) is 3.23. The fraction of sp³-hybridized carbons (Fsp3) is 0.857. The van der Waals surface area contributed by atoms with Crippen LogP contribution >= 0.6 is 0 Å². The number of rotatable bonds is 3. The zero-order valence-electron chi connectivity index (χ0n) is 6.72. The maximum atomic E-state index is 10.4. The average Bonchev–Trinajstić information content (AvgIpc) is 1.60. The third-order valence-corrected chi connectivity index (χ3v) is 1.71. The van der Waals surface area contributed by atoms with E-state index in [0.717, 1.165) is 0 Å². The van der Waals surface area contributed by atoms with Crippen molar-refractivity contribution in [2.24, 2.45) is 11.7 Å². The molecule has 0 heterocycles. The van der Waals surface area contributed by atoms with Crippen molar-refractivity contribution in [1.82, 2.24) is 0 Å². The molecule has 3 heteroatoms. The minimum atomic E-state index is -0.810. The summed E-state index contributed by atoms with van der Waals surface area (Å²) < 4.78 is 0. The Balaban J connectivity index is 3.85. The molecule has 0 aromatic carbocycles. The van der Waals surface area contributed by atoms with E-state index in [1.807, 2.05) is 0 Å². The monoisotopic (exact) mass is 145 g/mol. The molecule has 1 unspecified atom stereocenters. The van der Waals surface area contributed by atoms with Gasteiger partial charge in [0.1, 0.15) is 0 Å². The molecule has 3 nitrogen and oxygen atoms in total.